The summed E-state index contributed by atoms with van der Waals surface area (Å²) in [5.41, 5.74) is 4.56. The second-order valence-electron chi connectivity index (χ2n) is 7.82. The molecule has 0 atom stereocenters. The molecule has 0 aliphatic carbocycles. The molecule has 3 rings (SSSR count). The molecule has 1 aliphatic rings. The first-order valence-corrected chi connectivity index (χ1v) is 9.83. The van der Waals surface area contributed by atoms with Gasteiger partial charge in [0.05, 0.1) is 13.1 Å². The van der Waals surface area contributed by atoms with Crippen molar-refractivity contribution < 1.29 is 9.28 Å². The topological polar surface area (TPSA) is 29.1 Å². The van der Waals surface area contributed by atoms with Crippen molar-refractivity contribution in [1.82, 2.24) is 0 Å². The third-order valence-corrected chi connectivity index (χ3v) is 5.60. The molecule has 1 aliphatic heterocycles. The van der Waals surface area contributed by atoms with E-state index in [1.165, 1.54) is 31.2 Å². The number of benzene rings is 2. The standard InChI is InChI=1S/C23H30N2O/c1-19-11-10-12-20(2)23(19)24-22(26)18-25(15-8-3-4-9-16-25)17-21-13-6-5-7-14-21/h5-7,10-14H,3-4,8-9,15-18H2,1-2H3/p+1. The summed E-state index contributed by atoms with van der Waals surface area (Å²) in [5.74, 6) is 0.139. The normalized spacial score (nSPS) is 16.7. The Bertz CT molecular complexity index is 711. The number of anilines is 1. The first-order chi connectivity index (χ1) is 12.6. The Morgan fingerprint density at radius 2 is 1.50 bits per heavy atom. The molecule has 0 bridgehead atoms. The van der Waals surface area contributed by atoms with E-state index in [0.29, 0.717) is 6.54 Å². The van der Waals surface area contributed by atoms with Crippen LogP contribution in [-0.2, 0) is 11.3 Å². The molecule has 1 amide bonds. The molecule has 26 heavy (non-hydrogen) atoms. The maximum absolute atomic E-state index is 13.0. The van der Waals surface area contributed by atoms with Crippen LogP contribution in [0.25, 0.3) is 0 Å². The molecule has 0 radical (unpaired) electrons. The van der Waals surface area contributed by atoms with E-state index in [1.807, 2.05) is 6.07 Å². The highest BCUT2D eigenvalue weighted by Crippen LogP contribution is 2.24. The molecule has 1 heterocycles. The van der Waals surface area contributed by atoms with Gasteiger partial charge in [-0.05, 0) is 50.7 Å². The lowest BCUT2D eigenvalue weighted by atomic mass is 10.1. The number of amides is 1. The number of hydrogen-bond acceptors (Lipinski definition) is 1. The maximum Gasteiger partial charge on any atom is 0.279 e. The predicted molar refractivity (Wildman–Crippen MR) is 108 cm³/mol. The molecule has 3 nitrogen and oxygen atoms in total. The van der Waals surface area contributed by atoms with Crippen LogP contribution in [-0.4, -0.2) is 30.0 Å². The minimum absolute atomic E-state index is 0.139. The molecule has 138 valence electrons. The van der Waals surface area contributed by atoms with Gasteiger partial charge in [-0.15, -0.1) is 0 Å². The van der Waals surface area contributed by atoms with Gasteiger partial charge < -0.3 is 9.80 Å². The van der Waals surface area contributed by atoms with Gasteiger partial charge in [-0.25, -0.2) is 0 Å². The summed E-state index contributed by atoms with van der Waals surface area (Å²) in [7, 11) is 0. The zero-order chi connectivity index (χ0) is 18.4. The first kappa shape index (κ1) is 18.7. The minimum atomic E-state index is 0.139. The van der Waals surface area contributed by atoms with Crippen molar-refractivity contribution in [3.05, 3.63) is 65.2 Å². The highest BCUT2D eigenvalue weighted by molar-refractivity contribution is 5.93. The lowest BCUT2D eigenvalue weighted by Gasteiger charge is -2.37. The van der Waals surface area contributed by atoms with E-state index in [9.17, 15) is 4.79 Å². The van der Waals surface area contributed by atoms with Gasteiger partial charge in [0.1, 0.15) is 6.54 Å². The number of quaternary nitrogens is 1. The molecule has 0 unspecified atom stereocenters. The van der Waals surface area contributed by atoms with Crippen molar-refractivity contribution in [2.24, 2.45) is 0 Å². The van der Waals surface area contributed by atoms with Gasteiger partial charge >= 0.3 is 0 Å². The summed E-state index contributed by atoms with van der Waals surface area (Å²) in [5, 5.41) is 3.20. The van der Waals surface area contributed by atoms with Crippen LogP contribution in [0.1, 0.15) is 42.4 Å². The van der Waals surface area contributed by atoms with Crippen molar-refractivity contribution in [2.45, 2.75) is 46.1 Å². The fourth-order valence-electron chi connectivity index (χ4n) is 4.20. The fraction of sp³-hybridized carbons (Fsp3) is 0.435. The number of aryl methyl sites for hydroxylation is 2. The van der Waals surface area contributed by atoms with Crippen LogP contribution >= 0.6 is 0 Å². The van der Waals surface area contributed by atoms with Crippen LogP contribution in [0.5, 0.6) is 0 Å². The number of hydrogen-bond donors (Lipinski definition) is 1. The van der Waals surface area contributed by atoms with Crippen LogP contribution in [0.3, 0.4) is 0 Å². The van der Waals surface area contributed by atoms with Crippen LogP contribution < -0.4 is 5.32 Å². The van der Waals surface area contributed by atoms with E-state index in [-0.39, 0.29) is 5.91 Å². The van der Waals surface area contributed by atoms with Gasteiger partial charge in [0.25, 0.3) is 5.91 Å². The summed E-state index contributed by atoms with van der Waals surface area (Å²) >= 11 is 0. The van der Waals surface area contributed by atoms with E-state index in [1.54, 1.807) is 0 Å². The molecule has 2 aromatic carbocycles. The molecule has 1 saturated heterocycles. The van der Waals surface area contributed by atoms with E-state index >= 15 is 0 Å². The van der Waals surface area contributed by atoms with Crippen molar-refractivity contribution in [3.63, 3.8) is 0 Å². The SMILES string of the molecule is Cc1cccc(C)c1NC(=O)C[N+]1(Cc2ccccc2)CCCCCC1. The number of rotatable bonds is 5. The maximum atomic E-state index is 13.0. The third-order valence-electron chi connectivity index (χ3n) is 5.60. The Morgan fingerprint density at radius 1 is 0.885 bits per heavy atom. The Morgan fingerprint density at radius 3 is 2.12 bits per heavy atom. The summed E-state index contributed by atoms with van der Waals surface area (Å²) < 4.78 is 0.876. The molecule has 0 aromatic heterocycles. The molecule has 2 aromatic rings. The Labute approximate surface area is 157 Å². The molecule has 0 saturated carbocycles. The average Bonchev–Trinajstić information content (AvgIpc) is 2.85. The lowest BCUT2D eigenvalue weighted by Crippen LogP contribution is -2.52. The average molecular weight is 352 g/mol. The summed E-state index contributed by atoms with van der Waals surface area (Å²) in [6.45, 7) is 7.81. The predicted octanol–water partition coefficient (Wildman–Crippen LogP) is 4.83. The summed E-state index contributed by atoms with van der Waals surface area (Å²) in [6, 6.07) is 16.8. The highest BCUT2D eigenvalue weighted by atomic mass is 16.2. The van der Waals surface area contributed by atoms with Gasteiger partial charge in [-0.3, -0.25) is 4.79 Å². The lowest BCUT2D eigenvalue weighted by molar-refractivity contribution is -0.932. The Balaban J connectivity index is 1.77. The molecular formula is C23H31N2O+. The largest absolute Gasteiger partial charge is 0.321 e. The fourth-order valence-corrected chi connectivity index (χ4v) is 4.20. The third kappa shape index (κ3) is 4.73. The highest BCUT2D eigenvalue weighted by Gasteiger charge is 2.32. The summed E-state index contributed by atoms with van der Waals surface area (Å²) in [4.78, 5) is 13.0. The second-order valence-corrected chi connectivity index (χ2v) is 7.82. The van der Waals surface area contributed by atoms with Gasteiger partial charge in [0.2, 0.25) is 0 Å². The number of carbonyl (C=O) groups is 1. The second kappa shape index (κ2) is 8.50. The van der Waals surface area contributed by atoms with E-state index in [0.717, 1.165) is 40.9 Å². The number of nitrogens with zero attached hydrogens (tertiary/aromatic N) is 1. The van der Waals surface area contributed by atoms with Crippen LogP contribution in [0, 0.1) is 13.8 Å². The van der Waals surface area contributed by atoms with Crippen molar-refractivity contribution >= 4 is 11.6 Å². The van der Waals surface area contributed by atoms with Crippen molar-refractivity contribution in [1.29, 1.82) is 0 Å². The quantitative estimate of drug-likeness (QED) is 0.768. The number of para-hydroxylation sites is 1. The number of carbonyl (C=O) groups excluding carboxylic acids is 1. The number of likely N-dealkylation sites (tertiary alicyclic amines) is 1. The van der Waals surface area contributed by atoms with Gasteiger partial charge in [-0.2, -0.15) is 0 Å². The van der Waals surface area contributed by atoms with E-state index in [4.69, 9.17) is 0 Å². The molecule has 1 N–H and O–H groups in total. The monoisotopic (exact) mass is 351 g/mol. The smallest absolute Gasteiger partial charge is 0.279 e. The van der Waals surface area contributed by atoms with Crippen molar-refractivity contribution in [2.75, 3.05) is 25.0 Å². The van der Waals surface area contributed by atoms with Crippen LogP contribution in [0.2, 0.25) is 0 Å². The Hall–Kier alpha value is -2.13. The molecule has 0 spiro atoms. The van der Waals surface area contributed by atoms with Gasteiger partial charge in [-0.1, -0.05) is 48.5 Å². The summed E-state index contributed by atoms with van der Waals surface area (Å²) in [6.07, 6.45) is 4.99. The zero-order valence-electron chi connectivity index (χ0n) is 16.1. The zero-order valence-corrected chi connectivity index (χ0v) is 16.1. The molecular weight excluding hydrogens is 320 g/mol. The minimum Gasteiger partial charge on any atom is -0.321 e. The van der Waals surface area contributed by atoms with E-state index < -0.39 is 0 Å². The first-order valence-electron chi connectivity index (χ1n) is 9.83. The number of nitrogens with one attached hydrogen (secondary N) is 1. The molecule has 1 fully saturated rings. The van der Waals surface area contributed by atoms with Crippen molar-refractivity contribution in [3.8, 4) is 0 Å². The molecule has 3 heteroatoms. The van der Waals surface area contributed by atoms with Crippen LogP contribution in [0.4, 0.5) is 5.69 Å². The Kier molecular flexibility index (Phi) is 6.10. The van der Waals surface area contributed by atoms with Crippen LogP contribution in [0.15, 0.2) is 48.5 Å². The van der Waals surface area contributed by atoms with Gasteiger partial charge in [0.15, 0.2) is 6.54 Å². The van der Waals surface area contributed by atoms with Gasteiger partial charge in [0, 0.05) is 11.3 Å². The van der Waals surface area contributed by atoms with E-state index in [2.05, 4.69) is 61.6 Å².